The number of carbonyl (C=O) groups excluding carboxylic acids is 1. The van der Waals surface area contributed by atoms with Gasteiger partial charge < -0.3 is 15.0 Å². The van der Waals surface area contributed by atoms with Gasteiger partial charge in [0.1, 0.15) is 12.3 Å². The van der Waals surface area contributed by atoms with Gasteiger partial charge in [-0.1, -0.05) is 36.4 Å². The van der Waals surface area contributed by atoms with E-state index >= 15 is 0 Å². The number of benzene rings is 3. The lowest BCUT2D eigenvalue weighted by atomic mass is 10.1. The number of carbonyl (C=O) groups is 1. The summed E-state index contributed by atoms with van der Waals surface area (Å²) in [7, 11) is 3.71. The summed E-state index contributed by atoms with van der Waals surface area (Å²) in [5, 5.41) is 5.26. The zero-order chi connectivity index (χ0) is 17.6. The molecular formula is C21H23N2O2+. The molecule has 0 saturated carbocycles. The van der Waals surface area contributed by atoms with Gasteiger partial charge in [0, 0.05) is 11.3 Å². The van der Waals surface area contributed by atoms with E-state index in [0.717, 1.165) is 28.3 Å². The molecule has 1 atom stereocenters. The number of quaternary nitrogens is 1. The van der Waals surface area contributed by atoms with Crippen LogP contribution in [0.1, 0.15) is 5.56 Å². The third kappa shape index (κ3) is 4.58. The zero-order valence-electron chi connectivity index (χ0n) is 14.6. The van der Waals surface area contributed by atoms with Crippen LogP contribution in [0, 0.1) is 0 Å². The number of nitrogens with one attached hydrogen (secondary N) is 2. The number of rotatable bonds is 6. The predicted octanol–water partition coefficient (Wildman–Crippen LogP) is 2.50. The first kappa shape index (κ1) is 17.0. The average Bonchev–Trinajstić information content (AvgIpc) is 2.61. The first-order valence-corrected chi connectivity index (χ1v) is 8.37. The molecular weight excluding hydrogens is 312 g/mol. The molecule has 0 saturated heterocycles. The van der Waals surface area contributed by atoms with Crippen LogP contribution in [0.25, 0.3) is 10.8 Å². The van der Waals surface area contributed by atoms with E-state index in [2.05, 4.69) is 29.6 Å². The van der Waals surface area contributed by atoms with Crippen LogP contribution in [0.15, 0.2) is 66.7 Å². The minimum atomic E-state index is 0.0224. The van der Waals surface area contributed by atoms with Gasteiger partial charge in [0.15, 0.2) is 6.54 Å². The molecule has 3 rings (SSSR count). The van der Waals surface area contributed by atoms with Crippen LogP contribution < -0.4 is 15.0 Å². The Bertz CT molecular complexity index is 862. The number of fused-ring (bicyclic) bond motifs is 1. The zero-order valence-corrected chi connectivity index (χ0v) is 14.6. The van der Waals surface area contributed by atoms with Crippen molar-refractivity contribution in [1.29, 1.82) is 0 Å². The highest BCUT2D eigenvalue weighted by Gasteiger charge is 2.11. The minimum Gasteiger partial charge on any atom is -0.497 e. The molecule has 0 aromatic heterocycles. The summed E-state index contributed by atoms with van der Waals surface area (Å²) in [4.78, 5) is 13.3. The van der Waals surface area contributed by atoms with Crippen molar-refractivity contribution in [3.8, 4) is 5.75 Å². The first-order valence-electron chi connectivity index (χ1n) is 8.37. The van der Waals surface area contributed by atoms with E-state index in [1.165, 1.54) is 10.9 Å². The van der Waals surface area contributed by atoms with Gasteiger partial charge in [-0.2, -0.15) is 0 Å². The quantitative estimate of drug-likeness (QED) is 0.727. The topological polar surface area (TPSA) is 42.8 Å². The van der Waals surface area contributed by atoms with Crippen LogP contribution in [0.3, 0.4) is 0 Å². The van der Waals surface area contributed by atoms with Gasteiger partial charge in [-0.05, 0) is 41.1 Å². The number of ether oxygens (including phenoxy) is 1. The maximum atomic E-state index is 12.2. The summed E-state index contributed by atoms with van der Waals surface area (Å²) in [6.07, 6.45) is 0. The monoisotopic (exact) mass is 335 g/mol. The lowest BCUT2D eigenvalue weighted by molar-refractivity contribution is -0.885. The Morgan fingerprint density at radius 3 is 2.48 bits per heavy atom. The third-order valence-corrected chi connectivity index (χ3v) is 4.14. The molecule has 1 unspecified atom stereocenters. The van der Waals surface area contributed by atoms with Gasteiger partial charge in [-0.25, -0.2) is 0 Å². The Morgan fingerprint density at radius 2 is 1.72 bits per heavy atom. The number of para-hydroxylation sites is 1. The van der Waals surface area contributed by atoms with E-state index in [1.807, 2.05) is 49.5 Å². The smallest absolute Gasteiger partial charge is 0.279 e. The molecule has 0 bridgehead atoms. The van der Waals surface area contributed by atoms with E-state index in [1.54, 1.807) is 7.11 Å². The molecule has 0 heterocycles. The first-order chi connectivity index (χ1) is 12.1. The number of likely N-dealkylation sites (N-methyl/N-ethyl adjacent to an activating group) is 1. The number of hydrogen-bond acceptors (Lipinski definition) is 2. The van der Waals surface area contributed by atoms with E-state index in [0.29, 0.717) is 6.54 Å². The SMILES string of the molecule is COc1ccc2cc(C[NH+](C)CC(=O)Nc3ccccc3)ccc2c1. The number of amides is 1. The van der Waals surface area contributed by atoms with E-state index < -0.39 is 0 Å². The molecule has 25 heavy (non-hydrogen) atoms. The Morgan fingerprint density at radius 1 is 1.00 bits per heavy atom. The van der Waals surface area contributed by atoms with E-state index in [9.17, 15) is 4.79 Å². The molecule has 1 amide bonds. The maximum Gasteiger partial charge on any atom is 0.279 e. The molecule has 2 N–H and O–H groups in total. The summed E-state index contributed by atoms with van der Waals surface area (Å²) in [5.41, 5.74) is 2.04. The van der Waals surface area contributed by atoms with Crippen LogP contribution in [0.4, 0.5) is 5.69 Å². The van der Waals surface area contributed by atoms with Crippen LogP contribution >= 0.6 is 0 Å². The largest absolute Gasteiger partial charge is 0.497 e. The van der Waals surface area contributed by atoms with Gasteiger partial charge in [0.25, 0.3) is 5.91 Å². The fourth-order valence-electron chi connectivity index (χ4n) is 2.92. The summed E-state index contributed by atoms with van der Waals surface area (Å²) >= 11 is 0. The Balaban J connectivity index is 1.61. The molecule has 128 valence electrons. The summed E-state index contributed by atoms with van der Waals surface area (Å²) in [5.74, 6) is 0.884. The Labute approximate surface area is 148 Å². The lowest BCUT2D eigenvalue weighted by Crippen LogP contribution is -3.08. The summed E-state index contributed by atoms with van der Waals surface area (Å²) in [6.45, 7) is 1.22. The van der Waals surface area contributed by atoms with Gasteiger partial charge >= 0.3 is 0 Å². The fourth-order valence-corrected chi connectivity index (χ4v) is 2.92. The van der Waals surface area contributed by atoms with Crippen molar-refractivity contribution in [3.05, 3.63) is 72.3 Å². The fraction of sp³-hybridized carbons (Fsp3) is 0.190. The molecule has 0 aliphatic rings. The Hall–Kier alpha value is -2.85. The van der Waals surface area contributed by atoms with Crippen molar-refractivity contribution in [1.82, 2.24) is 0 Å². The highest BCUT2D eigenvalue weighted by Crippen LogP contribution is 2.21. The van der Waals surface area contributed by atoms with Crippen molar-refractivity contribution >= 4 is 22.4 Å². The van der Waals surface area contributed by atoms with Crippen LogP contribution in [0.5, 0.6) is 5.75 Å². The second-order valence-electron chi connectivity index (χ2n) is 6.27. The molecule has 0 spiro atoms. The molecule has 0 aliphatic heterocycles. The van der Waals surface area contributed by atoms with Gasteiger partial charge in [0.05, 0.1) is 14.2 Å². The van der Waals surface area contributed by atoms with Gasteiger partial charge in [-0.3, -0.25) is 4.79 Å². The van der Waals surface area contributed by atoms with Crippen molar-refractivity contribution in [3.63, 3.8) is 0 Å². The van der Waals surface area contributed by atoms with Crippen molar-refractivity contribution in [2.24, 2.45) is 0 Å². The van der Waals surface area contributed by atoms with Crippen molar-refractivity contribution in [2.45, 2.75) is 6.54 Å². The van der Waals surface area contributed by atoms with E-state index in [-0.39, 0.29) is 5.91 Å². The molecule has 3 aromatic carbocycles. The molecule has 0 aliphatic carbocycles. The second-order valence-corrected chi connectivity index (χ2v) is 6.27. The number of methoxy groups -OCH3 is 1. The lowest BCUT2D eigenvalue weighted by Gasteiger charge is -2.14. The Kier molecular flexibility index (Phi) is 5.31. The number of hydrogen-bond donors (Lipinski definition) is 2. The standard InChI is InChI=1S/C21H22N2O2/c1-23(15-21(24)22-19-6-4-3-5-7-19)14-16-8-9-18-13-20(25-2)11-10-17(18)12-16/h3-13H,14-15H2,1-2H3,(H,22,24)/p+1. The highest BCUT2D eigenvalue weighted by atomic mass is 16.5. The maximum absolute atomic E-state index is 12.2. The minimum absolute atomic E-state index is 0.0224. The third-order valence-electron chi connectivity index (χ3n) is 4.14. The molecule has 4 heteroatoms. The van der Waals surface area contributed by atoms with Crippen LogP contribution in [-0.4, -0.2) is 26.6 Å². The molecule has 4 nitrogen and oxygen atoms in total. The predicted molar refractivity (Wildman–Crippen MR) is 101 cm³/mol. The van der Waals surface area contributed by atoms with E-state index in [4.69, 9.17) is 4.74 Å². The average molecular weight is 335 g/mol. The molecule has 0 radical (unpaired) electrons. The van der Waals surface area contributed by atoms with Gasteiger partial charge in [0.2, 0.25) is 0 Å². The van der Waals surface area contributed by atoms with Crippen molar-refractivity contribution < 1.29 is 14.4 Å². The highest BCUT2D eigenvalue weighted by molar-refractivity contribution is 5.91. The second kappa shape index (κ2) is 7.81. The normalized spacial score (nSPS) is 11.9. The summed E-state index contributed by atoms with van der Waals surface area (Å²) < 4.78 is 5.26. The summed E-state index contributed by atoms with van der Waals surface area (Å²) in [6, 6.07) is 22.0. The van der Waals surface area contributed by atoms with Crippen LogP contribution in [0.2, 0.25) is 0 Å². The molecule has 0 fully saturated rings. The van der Waals surface area contributed by atoms with Crippen molar-refractivity contribution in [2.75, 3.05) is 26.0 Å². The number of anilines is 1. The van der Waals surface area contributed by atoms with Crippen LogP contribution in [-0.2, 0) is 11.3 Å². The molecule has 3 aromatic rings. The van der Waals surface area contributed by atoms with Gasteiger partial charge in [-0.15, -0.1) is 0 Å².